The standard InChI is InChI=1S/C9H22N.ClH/c1-5-9-10(6-2,7-3)8-4;/h5-9H2,1-4H3;1H/q+1;/p-1. The Hall–Kier alpha value is 0.250. The first kappa shape index (κ1) is 13.8. The minimum atomic E-state index is 0. The zero-order valence-corrected chi connectivity index (χ0v) is 9.12. The number of rotatable bonds is 5. The molecule has 0 radical (unpaired) electrons. The van der Waals surface area contributed by atoms with Gasteiger partial charge in [-0.1, -0.05) is 6.92 Å². The van der Waals surface area contributed by atoms with Gasteiger partial charge in [0.2, 0.25) is 0 Å². The molecule has 0 unspecified atom stereocenters. The summed E-state index contributed by atoms with van der Waals surface area (Å²) in [5.41, 5.74) is 0. The van der Waals surface area contributed by atoms with Crippen molar-refractivity contribution in [3.8, 4) is 0 Å². The highest BCUT2D eigenvalue weighted by molar-refractivity contribution is 4.35. The van der Waals surface area contributed by atoms with E-state index < -0.39 is 0 Å². The molecule has 0 aliphatic rings. The van der Waals surface area contributed by atoms with Crippen LogP contribution in [0.1, 0.15) is 34.1 Å². The van der Waals surface area contributed by atoms with E-state index in [1.54, 1.807) is 0 Å². The summed E-state index contributed by atoms with van der Waals surface area (Å²) in [5.74, 6) is 0. The second-order valence-electron chi connectivity index (χ2n) is 3.01. The third-order valence-corrected chi connectivity index (χ3v) is 2.71. The molecule has 0 saturated carbocycles. The molecule has 0 spiro atoms. The fraction of sp³-hybridized carbons (Fsp3) is 1.00. The van der Waals surface area contributed by atoms with Crippen LogP contribution < -0.4 is 12.4 Å². The van der Waals surface area contributed by atoms with Crippen LogP contribution in [0.2, 0.25) is 0 Å². The predicted octanol–water partition coefficient (Wildman–Crippen LogP) is -0.723. The normalized spacial score (nSPS) is 10.9. The molecule has 0 atom stereocenters. The smallest absolute Gasteiger partial charge is 0.0783 e. The Morgan fingerprint density at radius 1 is 0.818 bits per heavy atom. The average Bonchev–Trinajstić information content (AvgIpc) is 2.01. The summed E-state index contributed by atoms with van der Waals surface area (Å²) in [6.07, 6.45) is 1.32. The molecule has 0 saturated heterocycles. The van der Waals surface area contributed by atoms with Gasteiger partial charge in [0, 0.05) is 0 Å². The first-order valence-corrected chi connectivity index (χ1v) is 4.59. The summed E-state index contributed by atoms with van der Waals surface area (Å²) >= 11 is 0. The summed E-state index contributed by atoms with van der Waals surface area (Å²) in [7, 11) is 0. The van der Waals surface area contributed by atoms with Crippen molar-refractivity contribution >= 4 is 0 Å². The van der Waals surface area contributed by atoms with Gasteiger partial charge >= 0.3 is 0 Å². The molecule has 0 rings (SSSR count). The molecule has 0 bridgehead atoms. The lowest BCUT2D eigenvalue weighted by molar-refractivity contribution is -0.923. The molecule has 0 N–H and O–H groups in total. The Balaban J connectivity index is 0. The van der Waals surface area contributed by atoms with Crippen molar-refractivity contribution in [3.63, 3.8) is 0 Å². The minimum Gasteiger partial charge on any atom is -1.00 e. The maximum absolute atomic E-state index is 2.29. The van der Waals surface area contributed by atoms with Gasteiger partial charge in [0.05, 0.1) is 26.2 Å². The molecule has 11 heavy (non-hydrogen) atoms. The molecule has 0 aromatic rings. The van der Waals surface area contributed by atoms with E-state index in [4.69, 9.17) is 0 Å². The van der Waals surface area contributed by atoms with Crippen LogP contribution >= 0.6 is 0 Å². The molecular weight excluding hydrogens is 158 g/mol. The van der Waals surface area contributed by atoms with Crippen LogP contribution in [0.5, 0.6) is 0 Å². The highest BCUT2D eigenvalue weighted by Gasteiger charge is 2.17. The van der Waals surface area contributed by atoms with Gasteiger partial charge in [-0.05, 0) is 27.2 Å². The lowest BCUT2D eigenvalue weighted by atomic mass is 10.3. The van der Waals surface area contributed by atoms with Crippen LogP contribution in [0, 0.1) is 0 Å². The number of quaternary nitrogens is 1. The molecular formula is C9H22ClN. The predicted molar refractivity (Wildman–Crippen MR) is 47.0 cm³/mol. The third-order valence-electron chi connectivity index (χ3n) is 2.71. The largest absolute Gasteiger partial charge is 1.00 e. The van der Waals surface area contributed by atoms with Crippen molar-refractivity contribution in [3.05, 3.63) is 0 Å². The summed E-state index contributed by atoms with van der Waals surface area (Å²) in [6.45, 7) is 14.4. The van der Waals surface area contributed by atoms with E-state index in [1.807, 2.05) is 0 Å². The third kappa shape index (κ3) is 3.97. The summed E-state index contributed by atoms with van der Waals surface area (Å²) < 4.78 is 1.30. The Morgan fingerprint density at radius 2 is 1.18 bits per heavy atom. The topological polar surface area (TPSA) is 0 Å². The number of halogens is 1. The number of hydrogen-bond donors (Lipinski definition) is 0. The first-order valence-electron chi connectivity index (χ1n) is 4.59. The molecule has 0 amide bonds. The lowest BCUT2D eigenvalue weighted by Gasteiger charge is -2.35. The SMILES string of the molecule is CCC[N+](CC)(CC)CC.[Cl-]. The van der Waals surface area contributed by atoms with Gasteiger partial charge in [-0.2, -0.15) is 0 Å². The first-order chi connectivity index (χ1) is 4.74. The molecule has 0 aromatic carbocycles. The molecule has 70 valence electrons. The van der Waals surface area contributed by atoms with Crippen LogP contribution in [0.25, 0.3) is 0 Å². The van der Waals surface area contributed by atoms with E-state index in [1.165, 1.54) is 37.1 Å². The van der Waals surface area contributed by atoms with Crippen molar-refractivity contribution < 1.29 is 16.9 Å². The zero-order valence-electron chi connectivity index (χ0n) is 8.36. The van der Waals surface area contributed by atoms with E-state index in [2.05, 4.69) is 27.7 Å². The van der Waals surface area contributed by atoms with E-state index in [0.29, 0.717) is 0 Å². The Bertz CT molecular complexity index is 71.4. The van der Waals surface area contributed by atoms with E-state index >= 15 is 0 Å². The molecule has 0 aromatic heterocycles. The van der Waals surface area contributed by atoms with E-state index in [9.17, 15) is 0 Å². The monoisotopic (exact) mass is 179 g/mol. The maximum Gasteiger partial charge on any atom is 0.0783 e. The van der Waals surface area contributed by atoms with Gasteiger partial charge in [-0.3, -0.25) is 0 Å². The van der Waals surface area contributed by atoms with E-state index in [-0.39, 0.29) is 12.4 Å². The van der Waals surface area contributed by atoms with E-state index in [0.717, 1.165) is 0 Å². The molecule has 1 nitrogen and oxygen atoms in total. The van der Waals surface area contributed by atoms with Gasteiger partial charge < -0.3 is 16.9 Å². The lowest BCUT2D eigenvalue weighted by Crippen LogP contribution is -3.00. The molecule has 0 aliphatic carbocycles. The molecule has 0 heterocycles. The average molecular weight is 180 g/mol. The van der Waals surface area contributed by atoms with Crippen LogP contribution in [0.15, 0.2) is 0 Å². The summed E-state index contributed by atoms with van der Waals surface area (Å²) in [6, 6.07) is 0. The van der Waals surface area contributed by atoms with Crippen molar-refractivity contribution in [2.24, 2.45) is 0 Å². The Labute approximate surface area is 77.8 Å². The van der Waals surface area contributed by atoms with Gasteiger partial charge in [0.15, 0.2) is 0 Å². The van der Waals surface area contributed by atoms with Gasteiger partial charge in [-0.15, -0.1) is 0 Å². The summed E-state index contributed by atoms with van der Waals surface area (Å²) in [5, 5.41) is 0. The second-order valence-corrected chi connectivity index (χ2v) is 3.01. The van der Waals surface area contributed by atoms with Crippen molar-refractivity contribution in [2.45, 2.75) is 34.1 Å². The van der Waals surface area contributed by atoms with Crippen LogP contribution in [-0.2, 0) is 0 Å². The minimum absolute atomic E-state index is 0. The molecule has 0 aliphatic heterocycles. The van der Waals surface area contributed by atoms with Crippen molar-refractivity contribution in [1.82, 2.24) is 0 Å². The highest BCUT2D eigenvalue weighted by atomic mass is 35.5. The van der Waals surface area contributed by atoms with Gasteiger partial charge in [0.1, 0.15) is 0 Å². The maximum atomic E-state index is 2.29. The zero-order chi connectivity index (χ0) is 8.04. The van der Waals surface area contributed by atoms with Crippen LogP contribution in [-0.4, -0.2) is 30.7 Å². The molecule has 0 fully saturated rings. The number of hydrogen-bond acceptors (Lipinski definition) is 0. The summed E-state index contributed by atoms with van der Waals surface area (Å²) in [4.78, 5) is 0. The van der Waals surface area contributed by atoms with Gasteiger partial charge in [0.25, 0.3) is 0 Å². The molecule has 2 heteroatoms. The number of nitrogens with zero attached hydrogens (tertiary/aromatic N) is 1. The Kier molecular flexibility index (Phi) is 8.70. The Morgan fingerprint density at radius 3 is 1.27 bits per heavy atom. The van der Waals surface area contributed by atoms with Crippen LogP contribution in [0.4, 0.5) is 0 Å². The quantitative estimate of drug-likeness (QED) is 0.489. The van der Waals surface area contributed by atoms with Crippen molar-refractivity contribution in [2.75, 3.05) is 26.2 Å². The second kappa shape index (κ2) is 6.93. The van der Waals surface area contributed by atoms with Crippen molar-refractivity contribution in [1.29, 1.82) is 0 Å². The van der Waals surface area contributed by atoms with Gasteiger partial charge in [-0.25, -0.2) is 0 Å². The fourth-order valence-corrected chi connectivity index (χ4v) is 1.62. The highest BCUT2D eigenvalue weighted by Crippen LogP contribution is 2.06. The van der Waals surface area contributed by atoms with Crippen LogP contribution in [0.3, 0.4) is 0 Å². The fourth-order valence-electron chi connectivity index (χ4n) is 1.62.